The van der Waals surface area contributed by atoms with E-state index < -0.39 is 88.8 Å². The molecule has 9 unspecified atom stereocenters. The van der Waals surface area contributed by atoms with Crippen LogP contribution in [0.1, 0.15) is 70.0 Å². The van der Waals surface area contributed by atoms with Gasteiger partial charge in [-0.25, -0.2) is 0 Å². The largest absolute Gasteiger partial charge is 0.507 e. The number of carbonyl (C=O) groups excluding carboxylic acids is 3. The molecule has 1 amide bonds. The van der Waals surface area contributed by atoms with Crippen molar-refractivity contribution in [3.8, 4) is 23.0 Å². The molecule has 3 aliphatic heterocycles. The number of aliphatic hydroxyl groups excluding tert-OH is 2. The zero-order valence-electron chi connectivity index (χ0n) is 34.5. The van der Waals surface area contributed by atoms with Crippen LogP contribution >= 0.6 is 0 Å². The lowest BCUT2D eigenvalue weighted by Crippen LogP contribution is -2.46. The van der Waals surface area contributed by atoms with E-state index in [0.717, 1.165) is 6.21 Å². The standard InChI is InChI=1S/C44H53N3O12/c1-20-13-12-14-21(2)43(55)47-34-27(19-46-29-16-11-10-15-28(29)45)38(52)31-32(39(34)53)37(51)25(6)41-33(31)42(54)44(8,59-41)57-18-17-30(56-9)22(3)40(58-26(7)48)24(5)36(50)23(4)35(20)49/h10-20,22-24,30,35-36,40,49-53H,45H2,1-9H3,(H,47,55). The normalized spacial score (nSPS) is 28.1. The first-order valence-corrected chi connectivity index (χ1v) is 19.2. The maximum absolute atomic E-state index is 14.4. The van der Waals surface area contributed by atoms with E-state index in [1.165, 1.54) is 53.2 Å². The van der Waals surface area contributed by atoms with Crippen molar-refractivity contribution in [1.29, 1.82) is 0 Å². The third-order valence-corrected chi connectivity index (χ3v) is 11.3. The number of benzene rings is 3. The van der Waals surface area contributed by atoms with Gasteiger partial charge >= 0.3 is 11.8 Å². The Kier molecular flexibility index (Phi) is 13.1. The number of methoxy groups -OCH3 is 1. The van der Waals surface area contributed by atoms with Gasteiger partial charge in [0.1, 0.15) is 23.4 Å². The van der Waals surface area contributed by atoms with Crippen molar-refractivity contribution in [2.24, 2.45) is 28.7 Å². The number of nitrogens with one attached hydrogen (secondary N) is 1. The number of aliphatic hydroxyl groups is 2. The van der Waals surface area contributed by atoms with E-state index in [9.17, 15) is 39.9 Å². The van der Waals surface area contributed by atoms with E-state index in [-0.39, 0.29) is 44.5 Å². The lowest BCUT2D eigenvalue weighted by molar-refractivity contribution is -0.160. The Bertz CT molecular complexity index is 2260. The first-order chi connectivity index (χ1) is 27.7. The van der Waals surface area contributed by atoms with Crippen molar-refractivity contribution >= 4 is 51.7 Å². The fraction of sp³-hybridized carbons (Fsp3) is 0.409. The summed E-state index contributed by atoms with van der Waals surface area (Å²) in [6, 6.07) is 6.60. The molecule has 0 saturated carbocycles. The Morgan fingerprint density at radius 3 is 2.27 bits per heavy atom. The lowest BCUT2D eigenvalue weighted by Gasteiger charge is -2.38. The number of hydrogen-bond acceptors (Lipinski definition) is 14. The van der Waals surface area contributed by atoms with Crippen LogP contribution in [0.25, 0.3) is 10.8 Å². The SMILES string of the molecule is COC1C=COC2(C)Oc3c(C)c(O)c4c(O)c(c(C=Nc5ccccc5N)c(O)c4c3C2=O)NC(=O)C(C)=CC=CC(C)C(O)C(C)C(O)C(C)C(OC(C)=O)C1C. The molecule has 8 N–H and O–H groups in total. The van der Waals surface area contributed by atoms with E-state index in [0.29, 0.717) is 11.4 Å². The molecule has 3 heterocycles. The van der Waals surface area contributed by atoms with Gasteiger partial charge in [-0.2, -0.15) is 0 Å². The van der Waals surface area contributed by atoms with E-state index in [1.807, 2.05) is 0 Å². The number of ether oxygens (including phenoxy) is 4. The van der Waals surface area contributed by atoms with Gasteiger partial charge in [-0.1, -0.05) is 58.1 Å². The van der Waals surface area contributed by atoms with E-state index in [2.05, 4.69) is 10.3 Å². The molecule has 15 nitrogen and oxygen atoms in total. The number of anilines is 2. The van der Waals surface area contributed by atoms with Crippen molar-refractivity contribution in [3.05, 3.63) is 77.1 Å². The number of aliphatic imine (C=N–C) groups is 1. The molecule has 0 saturated heterocycles. The smallest absolute Gasteiger partial charge is 0.312 e. The summed E-state index contributed by atoms with van der Waals surface area (Å²) in [6.07, 6.45) is 4.57. The molecule has 5 bridgehead atoms. The van der Waals surface area contributed by atoms with Crippen LogP contribution in [0.15, 0.2) is 65.4 Å². The number of nitrogens with two attached hydrogens (primary N) is 1. The fourth-order valence-corrected chi connectivity index (χ4v) is 7.61. The number of hydrogen-bond donors (Lipinski definition) is 7. The van der Waals surface area contributed by atoms with Crippen molar-refractivity contribution in [2.75, 3.05) is 18.2 Å². The highest BCUT2D eigenvalue weighted by atomic mass is 16.7. The molecule has 3 aromatic rings. The summed E-state index contributed by atoms with van der Waals surface area (Å²) < 4.78 is 23.5. The topological polar surface area (TPSA) is 240 Å². The highest BCUT2D eigenvalue weighted by Crippen LogP contribution is 2.55. The van der Waals surface area contributed by atoms with Gasteiger partial charge in [-0.05, 0) is 32.1 Å². The van der Waals surface area contributed by atoms with Gasteiger partial charge < -0.3 is 55.5 Å². The number of phenols is 3. The fourth-order valence-electron chi connectivity index (χ4n) is 7.61. The number of nitrogen functional groups attached to an aromatic ring is 1. The highest BCUT2D eigenvalue weighted by Gasteiger charge is 2.50. The van der Waals surface area contributed by atoms with E-state index >= 15 is 0 Å². The number of para-hydroxylation sites is 2. The van der Waals surface area contributed by atoms with Crippen molar-refractivity contribution in [2.45, 2.75) is 85.6 Å². The van der Waals surface area contributed by atoms with Crippen molar-refractivity contribution < 1.29 is 58.9 Å². The Morgan fingerprint density at radius 1 is 0.949 bits per heavy atom. The number of esters is 1. The van der Waals surface area contributed by atoms with Crippen LogP contribution in [0.4, 0.5) is 17.1 Å². The second kappa shape index (κ2) is 17.5. The minimum absolute atomic E-state index is 0.0278. The molecule has 3 aliphatic rings. The summed E-state index contributed by atoms with van der Waals surface area (Å²) in [6.45, 7) is 12.4. The summed E-state index contributed by atoms with van der Waals surface area (Å²) in [4.78, 5) is 44.9. The van der Waals surface area contributed by atoms with Crippen LogP contribution in [0.2, 0.25) is 0 Å². The van der Waals surface area contributed by atoms with E-state index in [1.54, 1.807) is 64.1 Å². The summed E-state index contributed by atoms with van der Waals surface area (Å²) in [5.41, 5.74) is 6.09. The molecular weight excluding hydrogens is 762 g/mol. The molecule has 15 heteroatoms. The Labute approximate surface area is 342 Å². The second-order valence-corrected chi connectivity index (χ2v) is 15.4. The average Bonchev–Trinajstić information content (AvgIpc) is 3.46. The number of phenolic OH excluding ortho intramolecular Hbond substituents is 3. The molecular formula is C44H53N3O12. The maximum atomic E-state index is 14.4. The van der Waals surface area contributed by atoms with Gasteiger partial charge in [0.25, 0.3) is 11.7 Å². The molecule has 59 heavy (non-hydrogen) atoms. The molecule has 9 atom stereocenters. The number of amides is 1. The minimum Gasteiger partial charge on any atom is -0.507 e. The van der Waals surface area contributed by atoms with E-state index in [4.69, 9.17) is 24.7 Å². The molecule has 6 rings (SSSR count). The summed E-state index contributed by atoms with van der Waals surface area (Å²) >= 11 is 0. The Balaban J connectivity index is 1.74. The van der Waals surface area contributed by atoms with Crippen LogP contribution < -0.4 is 15.8 Å². The number of nitrogens with zero attached hydrogens (tertiary/aromatic N) is 1. The molecule has 0 fully saturated rings. The first kappa shape index (κ1) is 44.2. The van der Waals surface area contributed by atoms with Gasteiger partial charge in [0.15, 0.2) is 5.75 Å². The van der Waals surface area contributed by atoms with Gasteiger partial charge in [0.2, 0.25) is 0 Å². The zero-order valence-corrected chi connectivity index (χ0v) is 34.5. The molecule has 0 spiro atoms. The van der Waals surface area contributed by atoms with Crippen LogP contribution in [0, 0.1) is 30.6 Å². The zero-order chi connectivity index (χ0) is 43.7. The number of ketones is 1. The van der Waals surface area contributed by atoms with Gasteiger partial charge in [-0.3, -0.25) is 19.4 Å². The minimum atomic E-state index is -2.07. The molecule has 0 aliphatic carbocycles. The molecule has 0 radical (unpaired) electrons. The van der Waals surface area contributed by atoms with Gasteiger partial charge in [0, 0.05) is 67.4 Å². The summed E-state index contributed by atoms with van der Waals surface area (Å²) in [7, 11) is 1.43. The third-order valence-electron chi connectivity index (χ3n) is 11.3. The average molecular weight is 816 g/mol. The van der Waals surface area contributed by atoms with Crippen LogP contribution in [-0.4, -0.2) is 86.7 Å². The number of Topliss-reactive ketones (excluding diaryl/α,β-unsaturated/α-hetero) is 1. The van der Waals surface area contributed by atoms with Crippen LogP contribution in [0.3, 0.4) is 0 Å². The van der Waals surface area contributed by atoms with Crippen LogP contribution in [-0.2, 0) is 23.8 Å². The number of fused-ring (bicyclic) bond motifs is 14. The van der Waals surface area contributed by atoms with Gasteiger partial charge in [-0.15, -0.1) is 0 Å². The molecule has 316 valence electrons. The highest BCUT2D eigenvalue weighted by molar-refractivity contribution is 6.24. The lowest BCUT2D eigenvalue weighted by atomic mass is 9.78. The predicted octanol–water partition coefficient (Wildman–Crippen LogP) is 6.09. The summed E-state index contributed by atoms with van der Waals surface area (Å²) in [5, 5.41) is 60.3. The number of aromatic hydroxyl groups is 3. The Morgan fingerprint density at radius 2 is 1.63 bits per heavy atom. The molecule has 3 aromatic carbocycles. The number of carbonyl (C=O) groups is 3. The van der Waals surface area contributed by atoms with Crippen molar-refractivity contribution in [3.63, 3.8) is 0 Å². The Hall–Kier alpha value is -5.90. The maximum Gasteiger partial charge on any atom is 0.312 e. The van der Waals surface area contributed by atoms with Gasteiger partial charge in [0.05, 0.1) is 58.1 Å². The monoisotopic (exact) mass is 815 g/mol. The first-order valence-electron chi connectivity index (χ1n) is 19.2. The molecule has 0 aromatic heterocycles. The van der Waals surface area contributed by atoms with Crippen LogP contribution in [0.5, 0.6) is 23.0 Å². The quantitative estimate of drug-likeness (QED) is 0.0520. The number of rotatable bonds is 4. The number of allylic oxidation sites excluding steroid dienone is 2. The predicted molar refractivity (Wildman–Crippen MR) is 222 cm³/mol. The second-order valence-electron chi connectivity index (χ2n) is 15.4. The summed E-state index contributed by atoms with van der Waals surface area (Å²) in [5.74, 6) is -8.70. The van der Waals surface area contributed by atoms with Crippen molar-refractivity contribution in [1.82, 2.24) is 0 Å². The third kappa shape index (κ3) is 8.49.